The van der Waals surface area contributed by atoms with Crippen LogP contribution in [-0.2, 0) is 27.6 Å². The van der Waals surface area contributed by atoms with Crippen molar-refractivity contribution >= 4 is 32.8 Å². The van der Waals surface area contributed by atoms with Crippen molar-refractivity contribution in [3.8, 4) is 22.3 Å². The number of aryl methyl sites for hydroxylation is 3. The Labute approximate surface area is 298 Å². The molecule has 3 N–H and O–H groups in total. The van der Waals surface area contributed by atoms with E-state index in [2.05, 4.69) is 38.2 Å². The molecule has 0 fully saturated rings. The van der Waals surface area contributed by atoms with Crippen molar-refractivity contribution in [1.29, 1.82) is 0 Å². The normalized spacial score (nSPS) is 13.9. The Morgan fingerprint density at radius 3 is 2.51 bits per heavy atom. The summed E-state index contributed by atoms with van der Waals surface area (Å²) in [6, 6.07) is 15.1. The number of carbonyl (C=O) groups excluding carboxylic acids is 2. The van der Waals surface area contributed by atoms with Crippen LogP contribution in [0.25, 0.3) is 33.4 Å². The second-order valence-corrected chi connectivity index (χ2v) is 15.6. The van der Waals surface area contributed by atoms with Gasteiger partial charge < -0.3 is 20.3 Å². The summed E-state index contributed by atoms with van der Waals surface area (Å²) in [5, 5.41) is 12.1. The molecule has 0 aliphatic carbocycles. The number of aliphatic hydroxyl groups is 1. The predicted molar refractivity (Wildman–Crippen MR) is 197 cm³/mol. The van der Waals surface area contributed by atoms with Gasteiger partial charge in [0.05, 0.1) is 17.2 Å². The Morgan fingerprint density at radius 1 is 1.02 bits per heavy atom. The number of H-pyrrole nitrogens is 1. The maximum absolute atomic E-state index is 14.5. The molecule has 0 unspecified atom stereocenters. The number of sulfone groups is 1. The molecule has 3 aromatic carbocycles. The maximum Gasteiger partial charge on any atom is 0.253 e. The summed E-state index contributed by atoms with van der Waals surface area (Å²) in [5.74, 6) is -0.195. The second kappa shape index (κ2) is 14.4. The number of hydrogen-bond donors (Lipinski definition) is 3. The lowest BCUT2D eigenvalue weighted by Crippen LogP contribution is -2.36. The number of aromatic nitrogens is 3. The third kappa shape index (κ3) is 7.44. The summed E-state index contributed by atoms with van der Waals surface area (Å²) in [6.07, 6.45) is 3.61. The molecule has 266 valence electrons. The summed E-state index contributed by atoms with van der Waals surface area (Å²) in [4.78, 5) is 41.1. The molecular formula is C39H44N6O5S. The number of nitrogens with one attached hydrogen (secondary N) is 2. The van der Waals surface area contributed by atoms with Crippen molar-refractivity contribution in [2.24, 2.45) is 0 Å². The quantitative estimate of drug-likeness (QED) is 0.184. The van der Waals surface area contributed by atoms with Gasteiger partial charge in [-0.15, -0.1) is 0 Å². The zero-order valence-corrected chi connectivity index (χ0v) is 30.7. The largest absolute Gasteiger partial charge is 0.392 e. The number of aromatic amines is 1. The van der Waals surface area contributed by atoms with E-state index in [0.29, 0.717) is 47.4 Å². The van der Waals surface area contributed by atoms with Crippen LogP contribution >= 0.6 is 0 Å². The van der Waals surface area contributed by atoms with E-state index in [1.54, 1.807) is 39.3 Å². The van der Waals surface area contributed by atoms with Crippen LogP contribution in [0.2, 0.25) is 0 Å². The molecule has 0 spiro atoms. The van der Waals surface area contributed by atoms with E-state index in [9.17, 15) is 23.1 Å². The molecule has 1 aliphatic heterocycles. The van der Waals surface area contributed by atoms with Gasteiger partial charge in [0.15, 0.2) is 10.7 Å². The Bertz CT molecular complexity index is 2260. The summed E-state index contributed by atoms with van der Waals surface area (Å²) >= 11 is 0. The monoisotopic (exact) mass is 708 g/mol. The summed E-state index contributed by atoms with van der Waals surface area (Å²) in [5.41, 5.74) is 9.33. The molecule has 51 heavy (non-hydrogen) atoms. The Morgan fingerprint density at radius 2 is 1.78 bits per heavy atom. The Hall–Kier alpha value is -4.91. The fourth-order valence-corrected chi connectivity index (χ4v) is 8.12. The zero-order valence-electron chi connectivity index (χ0n) is 29.9. The highest BCUT2D eigenvalue weighted by Gasteiger charge is 2.27. The lowest BCUT2D eigenvalue weighted by Gasteiger charge is -2.30. The van der Waals surface area contributed by atoms with Crippen LogP contribution in [0.3, 0.4) is 0 Å². The molecule has 0 bridgehead atoms. The molecule has 11 nitrogen and oxygen atoms in total. The third-order valence-corrected chi connectivity index (χ3v) is 11.1. The fraction of sp³-hybridized carbons (Fsp3) is 0.333. The first-order valence-corrected chi connectivity index (χ1v) is 18.5. The van der Waals surface area contributed by atoms with Crippen molar-refractivity contribution in [3.63, 3.8) is 0 Å². The number of fused-ring (bicyclic) bond motifs is 2. The van der Waals surface area contributed by atoms with Crippen molar-refractivity contribution < 1.29 is 23.1 Å². The number of amides is 2. The minimum atomic E-state index is -4.13. The van der Waals surface area contributed by atoms with Crippen molar-refractivity contribution in [1.82, 2.24) is 30.1 Å². The van der Waals surface area contributed by atoms with Gasteiger partial charge in [0.25, 0.3) is 5.91 Å². The Balaban J connectivity index is 1.33. The van der Waals surface area contributed by atoms with Gasteiger partial charge in [0.1, 0.15) is 5.52 Å². The van der Waals surface area contributed by atoms with E-state index in [0.717, 1.165) is 46.3 Å². The predicted octanol–water partition coefficient (Wildman–Crippen LogP) is 5.00. The first-order valence-electron chi connectivity index (χ1n) is 17.1. The third-order valence-electron chi connectivity index (χ3n) is 9.43. The highest BCUT2D eigenvalue weighted by atomic mass is 32.2. The molecular weight excluding hydrogens is 665 g/mol. The average molecular weight is 709 g/mol. The van der Waals surface area contributed by atoms with Gasteiger partial charge in [0.2, 0.25) is 15.7 Å². The van der Waals surface area contributed by atoms with Gasteiger partial charge in [-0.05, 0) is 91.3 Å². The second-order valence-electron chi connectivity index (χ2n) is 13.7. The first kappa shape index (κ1) is 35.9. The van der Waals surface area contributed by atoms with Gasteiger partial charge in [-0.2, -0.15) is 0 Å². The van der Waals surface area contributed by atoms with E-state index in [-0.39, 0.29) is 28.3 Å². The first-order chi connectivity index (χ1) is 24.2. The molecule has 0 radical (unpaired) electrons. The summed E-state index contributed by atoms with van der Waals surface area (Å²) in [6.45, 7) is 9.70. The smallest absolute Gasteiger partial charge is 0.253 e. The number of nitrogens with zero attached hydrogens (tertiary/aromatic N) is 4. The number of carbonyl (C=O) groups is 2. The van der Waals surface area contributed by atoms with E-state index < -0.39 is 15.9 Å². The number of rotatable bonds is 10. The van der Waals surface area contributed by atoms with Crippen molar-refractivity contribution in [2.45, 2.75) is 63.1 Å². The molecule has 2 aromatic heterocycles. The van der Waals surface area contributed by atoms with Crippen LogP contribution in [0.1, 0.15) is 51.5 Å². The number of hydrogen-bond acceptors (Lipinski definition) is 8. The minimum absolute atomic E-state index is 0.0967. The molecule has 5 aromatic rings. The average Bonchev–Trinajstić information content (AvgIpc) is 3.52. The molecule has 3 heterocycles. The van der Waals surface area contributed by atoms with E-state index in [4.69, 9.17) is 0 Å². The highest BCUT2D eigenvalue weighted by Crippen LogP contribution is 2.36. The summed E-state index contributed by atoms with van der Waals surface area (Å²) in [7, 11) is -0.712. The van der Waals surface area contributed by atoms with E-state index >= 15 is 0 Å². The highest BCUT2D eigenvalue weighted by molar-refractivity contribution is 7.91. The molecule has 12 heteroatoms. The van der Waals surface area contributed by atoms with Crippen molar-refractivity contribution in [2.75, 3.05) is 33.7 Å². The van der Waals surface area contributed by atoms with Crippen molar-refractivity contribution in [3.05, 3.63) is 94.3 Å². The minimum Gasteiger partial charge on any atom is -0.392 e. The van der Waals surface area contributed by atoms with Gasteiger partial charge >= 0.3 is 0 Å². The standard InChI is InChI=1S/C39H44N6O5S/c1-23-7-9-32(28-17-24(2)30-11-13-45(22-29(30)18-28)14-12-35(47)40-19-26(4)46)34(15-23)51(49,50)36-21-42-38-37(43-36)33(20-41-38)27-8-10-31(25(3)16-27)39(48)44(5)6/h7-10,15-18,20-21,26,46H,11-14,19,22H2,1-6H3,(H,40,47)(H,41,42)/t26-/m1/s1. The van der Waals surface area contributed by atoms with Crippen LogP contribution in [0.15, 0.2) is 70.8 Å². The molecule has 0 saturated heterocycles. The molecule has 6 rings (SSSR count). The molecule has 1 aliphatic rings. The van der Waals surface area contributed by atoms with Crippen LogP contribution in [0.4, 0.5) is 0 Å². The van der Waals surface area contributed by atoms with Crippen LogP contribution in [0.5, 0.6) is 0 Å². The molecule has 2 amide bonds. The Kier molecular flexibility index (Phi) is 10.1. The molecule has 0 saturated carbocycles. The number of aliphatic hydroxyl groups excluding tert-OH is 1. The van der Waals surface area contributed by atoms with Gasteiger partial charge in [0, 0.05) is 69.6 Å². The SMILES string of the molecule is Cc1ccc(-c2cc(C)c3c(c2)CN(CCC(=O)NC[C@@H](C)O)CC3)c(S(=O)(=O)c2cnc3[nH]cc(-c4ccc(C(=O)N(C)C)c(C)c4)c3n2)c1. The van der Waals surface area contributed by atoms with E-state index in [1.807, 2.05) is 44.2 Å². The van der Waals surface area contributed by atoms with Gasteiger partial charge in [-0.1, -0.05) is 30.3 Å². The summed E-state index contributed by atoms with van der Waals surface area (Å²) < 4.78 is 29.0. The topological polar surface area (TPSA) is 149 Å². The van der Waals surface area contributed by atoms with Crippen LogP contribution in [0, 0.1) is 20.8 Å². The van der Waals surface area contributed by atoms with Gasteiger partial charge in [-0.3, -0.25) is 14.5 Å². The lowest BCUT2D eigenvalue weighted by atomic mass is 9.90. The fourth-order valence-electron chi connectivity index (χ4n) is 6.67. The number of benzene rings is 3. The zero-order chi connectivity index (χ0) is 36.6. The maximum atomic E-state index is 14.5. The van der Waals surface area contributed by atoms with E-state index in [1.165, 1.54) is 16.7 Å². The molecule has 1 atom stereocenters. The van der Waals surface area contributed by atoms with Crippen LogP contribution in [-0.4, -0.2) is 89.9 Å². The van der Waals surface area contributed by atoms with Gasteiger partial charge in [-0.25, -0.2) is 18.4 Å². The van der Waals surface area contributed by atoms with Crippen LogP contribution < -0.4 is 5.32 Å². The lowest BCUT2D eigenvalue weighted by molar-refractivity contribution is -0.121.